The van der Waals surface area contributed by atoms with Gasteiger partial charge in [-0.05, 0) is 68.6 Å². The summed E-state index contributed by atoms with van der Waals surface area (Å²) in [5.74, 6) is -4.02. The zero-order chi connectivity index (χ0) is 42.3. The first-order valence-corrected chi connectivity index (χ1v) is 20.2. The monoisotopic (exact) mass is 788 g/mol. The summed E-state index contributed by atoms with van der Waals surface area (Å²) in [6.45, 7) is 14.4. The summed E-state index contributed by atoms with van der Waals surface area (Å²) in [4.78, 5) is 80.5. The van der Waals surface area contributed by atoms with Crippen molar-refractivity contribution in [1.29, 1.82) is 0 Å². The number of esters is 1. The number of cyclic esters (lactones) is 1. The van der Waals surface area contributed by atoms with E-state index in [9.17, 15) is 33.9 Å². The summed E-state index contributed by atoms with van der Waals surface area (Å²) < 4.78 is 6.07. The number of amides is 3. The smallest absolute Gasteiger partial charge is 0.325 e. The number of aliphatic hydroxyl groups is 1. The first kappa shape index (κ1) is 46.7. The van der Waals surface area contributed by atoms with Crippen LogP contribution in [0.25, 0.3) is 0 Å². The van der Waals surface area contributed by atoms with Crippen molar-refractivity contribution in [2.45, 2.75) is 131 Å². The van der Waals surface area contributed by atoms with E-state index in [-0.39, 0.29) is 43.3 Å². The SMILES string of the molecule is CC(=O)CCC1C(=O)NC(C(C)C)C(=O)NC(Cc2ccccc2)C(=O)N2CCCC(N2)C(=O)O[C@H](/C(C)=C/C=C/C(=O)C(C)(C)C)C/C=C/C=C/CC(C)C1O. The Morgan fingerprint density at radius 2 is 1.65 bits per heavy atom. The van der Waals surface area contributed by atoms with Gasteiger partial charge < -0.3 is 25.3 Å². The Balaban J connectivity index is 2.03. The van der Waals surface area contributed by atoms with Crippen molar-refractivity contribution < 1.29 is 38.6 Å². The number of allylic oxidation sites excluding steroid dienone is 6. The Morgan fingerprint density at radius 1 is 0.982 bits per heavy atom. The summed E-state index contributed by atoms with van der Waals surface area (Å²) in [5.41, 5.74) is 4.03. The van der Waals surface area contributed by atoms with E-state index in [1.807, 2.05) is 89.3 Å². The first-order valence-electron chi connectivity index (χ1n) is 20.2. The summed E-state index contributed by atoms with van der Waals surface area (Å²) in [7, 11) is 0. The molecule has 6 unspecified atom stereocenters. The fraction of sp³-hybridized carbons (Fsp3) is 0.556. The third kappa shape index (κ3) is 15.0. The highest BCUT2D eigenvalue weighted by Crippen LogP contribution is 2.24. The standard InChI is InChI=1S/C45H64N4O8/c1-29(2)39-42(54)46-36(28-33-20-13-11-14-21-33)43(55)49-27-17-22-35(48-49)44(56)57-37(30(3)19-16-24-38(51)45(6,7)8)23-15-10-9-12-18-31(4)40(52)34(41(53)47-39)26-25-32(5)50/h9-16,19-21,24,29,31,34-37,39-40,48,52H,17-18,22-23,25-28H2,1-8H3,(H,46,54)(H,47,53)/b12-9+,15-10+,24-16+,30-19+/t31?,34?,35?,36?,37-,39?,40?/m0/s1. The quantitative estimate of drug-likeness (QED) is 0.148. The lowest BCUT2D eigenvalue weighted by Gasteiger charge is -2.36. The van der Waals surface area contributed by atoms with Crippen LogP contribution in [0.3, 0.4) is 0 Å². The topological polar surface area (TPSA) is 171 Å². The summed E-state index contributed by atoms with van der Waals surface area (Å²) in [6.07, 6.45) is 12.5. The predicted octanol–water partition coefficient (Wildman–Crippen LogP) is 5.27. The van der Waals surface area contributed by atoms with Crippen LogP contribution in [0.15, 0.2) is 78.4 Å². The molecular weight excluding hydrogens is 725 g/mol. The van der Waals surface area contributed by atoms with Crippen LogP contribution in [0, 0.1) is 23.2 Å². The van der Waals surface area contributed by atoms with Gasteiger partial charge in [0.25, 0.3) is 5.91 Å². The number of hydrazine groups is 1. The van der Waals surface area contributed by atoms with Gasteiger partial charge in [0.15, 0.2) is 5.78 Å². The van der Waals surface area contributed by atoms with Crippen LogP contribution in [-0.2, 0) is 39.9 Å². The van der Waals surface area contributed by atoms with Gasteiger partial charge in [-0.25, -0.2) is 5.43 Å². The molecule has 4 N–H and O–H groups in total. The third-order valence-corrected chi connectivity index (χ3v) is 10.4. The molecule has 1 aromatic rings. The van der Waals surface area contributed by atoms with Crippen LogP contribution in [0.4, 0.5) is 0 Å². The number of fused-ring (bicyclic) bond motifs is 2. The molecule has 7 atom stereocenters. The molecule has 3 rings (SSSR count). The van der Waals surface area contributed by atoms with Gasteiger partial charge in [-0.3, -0.25) is 29.0 Å². The number of nitrogens with one attached hydrogen (secondary N) is 3. The molecular formula is C45H64N4O8. The predicted molar refractivity (Wildman–Crippen MR) is 220 cm³/mol. The number of hydrogen-bond acceptors (Lipinski definition) is 9. The molecule has 2 aliphatic heterocycles. The molecule has 2 aliphatic rings. The lowest BCUT2D eigenvalue weighted by Crippen LogP contribution is -2.62. The number of rotatable bonds is 9. The second-order valence-electron chi connectivity index (χ2n) is 16.7. The van der Waals surface area contributed by atoms with Gasteiger partial charge in [0.05, 0.1) is 12.0 Å². The molecule has 0 radical (unpaired) electrons. The average Bonchev–Trinajstić information content (AvgIpc) is 3.16. The maximum absolute atomic E-state index is 14.3. The summed E-state index contributed by atoms with van der Waals surface area (Å²) >= 11 is 0. The average molecular weight is 789 g/mol. The molecule has 1 aromatic carbocycles. The van der Waals surface area contributed by atoms with Gasteiger partial charge in [-0.1, -0.05) is 108 Å². The van der Waals surface area contributed by atoms with Crippen LogP contribution in [0.1, 0.15) is 99.5 Å². The van der Waals surface area contributed by atoms with Crippen molar-refractivity contribution in [3.8, 4) is 0 Å². The van der Waals surface area contributed by atoms with E-state index < -0.39 is 71.3 Å². The highest BCUT2D eigenvalue weighted by Gasteiger charge is 2.37. The van der Waals surface area contributed by atoms with Gasteiger partial charge in [0, 0.05) is 31.2 Å². The van der Waals surface area contributed by atoms with Crippen molar-refractivity contribution in [1.82, 2.24) is 21.1 Å². The van der Waals surface area contributed by atoms with Crippen LogP contribution in [0.2, 0.25) is 0 Å². The lowest BCUT2D eigenvalue weighted by atomic mass is 9.85. The number of nitrogens with zero attached hydrogens (tertiary/aromatic N) is 1. The molecule has 57 heavy (non-hydrogen) atoms. The number of benzene rings is 1. The van der Waals surface area contributed by atoms with E-state index in [0.29, 0.717) is 31.3 Å². The van der Waals surface area contributed by atoms with Crippen molar-refractivity contribution in [3.63, 3.8) is 0 Å². The van der Waals surface area contributed by atoms with Crippen LogP contribution in [0.5, 0.6) is 0 Å². The number of Topliss-reactive ketones (excluding diaryl/α,β-unsaturated/α-hetero) is 1. The minimum atomic E-state index is -1.12. The van der Waals surface area contributed by atoms with Gasteiger partial charge in [-0.15, -0.1) is 0 Å². The maximum Gasteiger partial charge on any atom is 0.325 e. The van der Waals surface area contributed by atoms with Crippen LogP contribution < -0.4 is 16.1 Å². The van der Waals surface area contributed by atoms with E-state index in [4.69, 9.17) is 4.74 Å². The van der Waals surface area contributed by atoms with Crippen molar-refractivity contribution in [2.75, 3.05) is 6.54 Å². The van der Waals surface area contributed by atoms with Gasteiger partial charge >= 0.3 is 5.97 Å². The number of ether oxygens (including phenoxy) is 1. The third-order valence-electron chi connectivity index (χ3n) is 10.4. The van der Waals surface area contributed by atoms with Crippen molar-refractivity contribution >= 4 is 35.3 Å². The summed E-state index contributed by atoms with van der Waals surface area (Å²) in [6, 6.07) is 6.27. The first-order chi connectivity index (χ1) is 26.9. The van der Waals surface area contributed by atoms with Crippen molar-refractivity contribution in [3.05, 3.63) is 84.0 Å². The van der Waals surface area contributed by atoms with Gasteiger partial charge in [0.2, 0.25) is 11.8 Å². The highest BCUT2D eigenvalue weighted by molar-refractivity contribution is 5.94. The molecule has 0 aromatic heterocycles. The molecule has 0 spiro atoms. The molecule has 2 heterocycles. The second-order valence-corrected chi connectivity index (χ2v) is 16.7. The Labute approximate surface area is 338 Å². The zero-order valence-electron chi connectivity index (χ0n) is 35.0. The Bertz CT molecular complexity index is 1670. The number of carbonyl (C=O) groups excluding carboxylic acids is 6. The van der Waals surface area contributed by atoms with E-state index in [0.717, 1.165) is 5.56 Å². The van der Waals surface area contributed by atoms with Crippen LogP contribution in [-0.4, -0.2) is 82.3 Å². The zero-order valence-corrected chi connectivity index (χ0v) is 35.0. The van der Waals surface area contributed by atoms with Gasteiger partial charge in [0.1, 0.15) is 30.0 Å². The van der Waals surface area contributed by atoms with Gasteiger partial charge in [-0.2, -0.15) is 0 Å². The minimum absolute atomic E-state index is 0.0427. The fourth-order valence-electron chi connectivity index (χ4n) is 6.61. The molecule has 12 nitrogen and oxygen atoms in total. The van der Waals surface area contributed by atoms with Crippen molar-refractivity contribution in [2.24, 2.45) is 23.2 Å². The molecule has 0 saturated carbocycles. The molecule has 1 fully saturated rings. The number of ketones is 2. The lowest BCUT2D eigenvalue weighted by molar-refractivity contribution is -0.156. The fourth-order valence-corrected chi connectivity index (χ4v) is 6.61. The number of hydrogen-bond donors (Lipinski definition) is 4. The normalized spacial score (nSPS) is 27.8. The highest BCUT2D eigenvalue weighted by atomic mass is 16.5. The van der Waals surface area contributed by atoms with E-state index in [2.05, 4.69) is 16.1 Å². The Hall–Kier alpha value is -4.68. The Kier molecular flexibility index (Phi) is 18.3. The number of carbonyl (C=O) groups is 6. The maximum atomic E-state index is 14.3. The molecule has 1 saturated heterocycles. The molecule has 3 amide bonds. The van der Waals surface area contributed by atoms with E-state index in [1.165, 1.54) is 18.0 Å². The van der Waals surface area contributed by atoms with Crippen LogP contribution >= 0.6 is 0 Å². The molecule has 2 bridgehead atoms. The minimum Gasteiger partial charge on any atom is -0.456 e. The molecule has 0 aliphatic carbocycles. The molecule has 12 heteroatoms. The number of aliphatic hydroxyl groups excluding tert-OH is 1. The van der Waals surface area contributed by atoms with E-state index >= 15 is 0 Å². The molecule has 312 valence electrons. The summed E-state index contributed by atoms with van der Waals surface area (Å²) in [5, 5.41) is 18.5. The largest absolute Gasteiger partial charge is 0.456 e. The Morgan fingerprint density at radius 3 is 2.28 bits per heavy atom. The van der Waals surface area contributed by atoms with E-state index in [1.54, 1.807) is 26.0 Å². The second kappa shape index (κ2) is 22.3.